The van der Waals surface area contributed by atoms with Gasteiger partial charge in [0.05, 0.1) is 11.0 Å². The molecule has 1 aromatic carbocycles. The molecule has 9 heteroatoms. The Kier molecular flexibility index (Phi) is 2.87. The summed E-state index contributed by atoms with van der Waals surface area (Å²) in [4.78, 5) is 3.19. The first-order valence-corrected chi connectivity index (χ1v) is 4.97. The molecule has 0 spiro atoms. The van der Waals surface area contributed by atoms with Gasteiger partial charge in [0.15, 0.2) is 0 Å². The standard InChI is InChI=1S/C10H7F6N3/c11-9(12,13)4-19-7-2-1-5(17)3-6(7)18-8(19)10(14,15)16/h1-3H,4,17H2. The minimum Gasteiger partial charge on any atom is -0.399 e. The highest BCUT2D eigenvalue weighted by atomic mass is 19.4. The van der Waals surface area contributed by atoms with Crippen LogP contribution in [0.3, 0.4) is 0 Å². The van der Waals surface area contributed by atoms with Gasteiger partial charge in [0, 0.05) is 5.69 Å². The van der Waals surface area contributed by atoms with Gasteiger partial charge in [0.25, 0.3) is 0 Å². The number of benzene rings is 1. The van der Waals surface area contributed by atoms with Gasteiger partial charge in [-0.3, -0.25) is 0 Å². The number of hydrogen-bond acceptors (Lipinski definition) is 2. The maximum atomic E-state index is 12.7. The van der Waals surface area contributed by atoms with Crippen molar-refractivity contribution in [3.8, 4) is 0 Å². The fourth-order valence-electron chi connectivity index (χ4n) is 1.70. The Bertz CT molecular complexity index is 610. The van der Waals surface area contributed by atoms with Gasteiger partial charge in [0.2, 0.25) is 5.82 Å². The van der Waals surface area contributed by atoms with Gasteiger partial charge in [-0.25, -0.2) is 4.98 Å². The summed E-state index contributed by atoms with van der Waals surface area (Å²) in [5.74, 6) is -1.59. The van der Waals surface area contributed by atoms with E-state index in [0.717, 1.165) is 12.1 Å². The lowest BCUT2D eigenvalue weighted by Gasteiger charge is -2.13. The van der Waals surface area contributed by atoms with Crippen molar-refractivity contribution in [1.29, 1.82) is 0 Å². The van der Waals surface area contributed by atoms with Gasteiger partial charge >= 0.3 is 12.4 Å². The molecule has 0 aliphatic heterocycles. The predicted octanol–water partition coefficient (Wildman–Crippen LogP) is 3.20. The lowest BCUT2D eigenvalue weighted by molar-refractivity contribution is -0.160. The van der Waals surface area contributed by atoms with E-state index in [1.54, 1.807) is 0 Å². The van der Waals surface area contributed by atoms with E-state index < -0.39 is 24.7 Å². The van der Waals surface area contributed by atoms with Crippen molar-refractivity contribution in [2.24, 2.45) is 0 Å². The van der Waals surface area contributed by atoms with Gasteiger partial charge in [-0.05, 0) is 18.2 Å². The smallest absolute Gasteiger partial charge is 0.399 e. The molecular weight excluding hydrogens is 276 g/mol. The van der Waals surface area contributed by atoms with Gasteiger partial charge in [-0.15, -0.1) is 0 Å². The molecule has 2 N–H and O–H groups in total. The van der Waals surface area contributed by atoms with E-state index in [9.17, 15) is 26.3 Å². The third-order valence-corrected chi connectivity index (χ3v) is 2.36. The second kappa shape index (κ2) is 4.04. The second-order valence-corrected chi connectivity index (χ2v) is 3.88. The number of nitrogens with two attached hydrogens (primary N) is 1. The molecule has 2 aromatic rings. The summed E-state index contributed by atoms with van der Waals surface area (Å²) in [6, 6.07) is 3.40. The molecule has 2 rings (SSSR count). The van der Waals surface area contributed by atoms with E-state index in [4.69, 9.17) is 5.73 Å². The molecule has 3 nitrogen and oxygen atoms in total. The van der Waals surface area contributed by atoms with Crippen LogP contribution < -0.4 is 5.73 Å². The molecule has 19 heavy (non-hydrogen) atoms. The molecule has 0 radical (unpaired) electrons. The number of halogens is 6. The van der Waals surface area contributed by atoms with Crippen LogP contribution in [0.2, 0.25) is 0 Å². The number of fused-ring (bicyclic) bond motifs is 1. The molecule has 104 valence electrons. The largest absolute Gasteiger partial charge is 0.449 e. The first-order chi connectivity index (χ1) is 8.58. The van der Waals surface area contributed by atoms with E-state index in [1.807, 2.05) is 0 Å². The van der Waals surface area contributed by atoms with Crippen molar-refractivity contribution < 1.29 is 26.3 Å². The van der Waals surface area contributed by atoms with Gasteiger partial charge in [-0.1, -0.05) is 0 Å². The molecular formula is C10H7F6N3. The van der Waals surface area contributed by atoms with Crippen molar-refractivity contribution in [3.63, 3.8) is 0 Å². The van der Waals surface area contributed by atoms with Crippen LogP contribution in [0.5, 0.6) is 0 Å². The zero-order valence-electron chi connectivity index (χ0n) is 9.18. The van der Waals surface area contributed by atoms with E-state index in [2.05, 4.69) is 4.98 Å². The molecule has 0 aliphatic carbocycles. The van der Waals surface area contributed by atoms with E-state index in [-0.39, 0.29) is 21.3 Å². The van der Waals surface area contributed by atoms with Crippen LogP contribution in [-0.2, 0) is 12.7 Å². The number of hydrogen-bond donors (Lipinski definition) is 1. The minimum absolute atomic E-state index is 0.0920. The number of nitrogen functional groups attached to an aromatic ring is 1. The molecule has 0 atom stereocenters. The Balaban J connectivity index is 2.69. The number of rotatable bonds is 1. The number of nitrogens with zero attached hydrogens (tertiary/aromatic N) is 2. The highest BCUT2D eigenvalue weighted by Gasteiger charge is 2.40. The third-order valence-electron chi connectivity index (χ3n) is 2.36. The van der Waals surface area contributed by atoms with Gasteiger partial charge in [0.1, 0.15) is 6.54 Å². The van der Waals surface area contributed by atoms with E-state index >= 15 is 0 Å². The first kappa shape index (κ1) is 13.5. The van der Waals surface area contributed by atoms with Crippen LogP contribution in [0.1, 0.15) is 5.82 Å². The maximum absolute atomic E-state index is 12.7. The predicted molar refractivity (Wildman–Crippen MR) is 55.2 cm³/mol. The van der Waals surface area contributed by atoms with Crippen molar-refractivity contribution in [2.75, 3.05) is 5.73 Å². The normalized spacial score (nSPS) is 13.2. The fourth-order valence-corrected chi connectivity index (χ4v) is 1.70. The topological polar surface area (TPSA) is 43.8 Å². The molecule has 0 fully saturated rings. The number of imidazole rings is 1. The molecule has 0 amide bonds. The highest BCUT2D eigenvalue weighted by molar-refractivity contribution is 5.79. The average molecular weight is 283 g/mol. The Labute approximate surface area is 102 Å². The summed E-state index contributed by atoms with van der Waals surface area (Å²) in [6.45, 7) is -1.76. The summed E-state index contributed by atoms with van der Waals surface area (Å²) >= 11 is 0. The molecule has 0 unspecified atom stereocenters. The quantitative estimate of drug-likeness (QED) is 0.645. The summed E-state index contributed by atoms with van der Waals surface area (Å²) in [6.07, 6.45) is -9.76. The zero-order chi connectivity index (χ0) is 14.4. The monoisotopic (exact) mass is 283 g/mol. The Morgan fingerprint density at radius 2 is 1.74 bits per heavy atom. The highest BCUT2D eigenvalue weighted by Crippen LogP contribution is 2.34. The third kappa shape index (κ3) is 2.74. The lowest BCUT2D eigenvalue weighted by Crippen LogP contribution is -2.23. The van der Waals surface area contributed by atoms with Crippen LogP contribution in [0.4, 0.5) is 32.0 Å². The molecule has 0 saturated carbocycles. The van der Waals surface area contributed by atoms with E-state index in [1.165, 1.54) is 6.07 Å². The molecule has 0 aliphatic rings. The van der Waals surface area contributed by atoms with Crippen molar-refractivity contribution in [1.82, 2.24) is 9.55 Å². The summed E-state index contributed by atoms with van der Waals surface area (Å²) < 4.78 is 75.2. The van der Waals surface area contributed by atoms with Crippen molar-refractivity contribution in [3.05, 3.63) is 24.0 Å². The molecule has 1 aromatic heterocycles. The minimum atomic E-state index is -4.97. The summed E-state index contributed by atoms with van der Waals surface area (Å²) in [5.41, 5.74) is 5.00. The Hall–Kier alpha value is -1.93. The van der Waals surface area contributed by atoms with Crippen molar-refractivity contribution in [2.45, 2.75) is 18.9 Å². The second-order valence-electron chi connectivity index (χ2n) is 3.88. The first-order valence-electron chi connectivity index (χ1n) is 4.97. The maximum Gasteiger partial charge on any atom is 0.449 e. The van der Waals surface area contributed by atoms with Crippen LogP contribution in [0.15, 0.2) is 18.2 Å². The number of alkyl halides is 6. The molecule has 0 bridgehead atoms. The summed E-state index contributed by atoms with van der Waals surface area (Å²) in [7, 11) is 0. The van der Waals surface area contributed by atoms with Crippen molar-refractivity contribution >= 4 is 16.7 Å². The average Bonchev–Trinajstić information content (AvgIpc) is 2.53. The SMILES string of the molecule is Nc1ccc2c(c1)nc(C(F)(F)F)n2CC(F)(F)F. The van der Waals surface area contributed by atoms with Crippen LogP contribution in [0.25, 0.3) is 11.0 Å². The fraction of sp³-hybridized carbons (Fsp3) is 0.300. The number of anilines is 1. The molecule has 0 saturated heterocycles. The van der Waals surface area contributed by atoms with Crippen LogP contribution in [-0.4, -0.2) is 15.7 Å². The zero-order valence-corrected chi connectivity index (χ0v) is 9.18. The van der Waals surface area contributed by atoms with Crippen LogP contribution >= 0.6 is 0 Å². The molecule has 1 heterocycles. The van der Waals surface area contributed by atoms with Gasteiger partial charge < -0.3 is 10.3 Å². The lowest BCUT2D eigenvalue weighted by atomic mass is 10.3. The Morgan fingerprint density at radius 3 is 2.26 bits per heavy atom. The van der Waals surface area contributed by atoms with E-state index in [0.29, 0.717) is 0 Å². The Morgan fingerprint density at radius 1 is 1.11 bits per heavy atom. The summed E-state index contributed by atoms with van der Waals surface area (Å²) in [5, 5.41) is 0. The number of aromatic nitrogens is 2. The van der Waals surface area contributed by atoms with Gasteiger partial charge in [-0.2, -0.15) is 26.3 Å². The van der Waals surface area contributed by atoms with Crippen LogP contribution in [0, 0.1) is 0 Å².